The van der Waals surface area contributed by atoms with Gasteiger partial charge in [-0.1, -0.05) is 6.92 Å². The van der Waals surface area contributed by atoms with Crippen molar-refractivity contribution < 1.29 is 5.11 Å². The molecule has 1 rings (SSSR count). The maximum Gasteiger partial charge on any atom is 0.0431 e. The van der Waals surface area contributed by atoms with Crippen molar-refractivity contribution in [1.29, 1.82) is 0 Å². The molecule has 0 amide bonds. The number of aliphatic hydroxyl groups excluding tert-OH is 1. The Labute approximate surface area is 99.2 Å². The summed E-state index contributed by atoms with van der Waals surface area (Å²) in [4.78, 5) is 2.48. The van der Waals surface area contributed by atoms with Crippen molar-refractivity contribution in [2.45, 2.75) is 38.1 Å². The molecule has 0 radical (unpaired) electrons. The van der Waals surface area contributed by atoms with Gasteiger partial charge < -0.3 is 21.1 Å². The Kier molecular flexibility index (Phi) is 6.28. The van der Waals surface area contributed by atoms with E-state index in [9.17, 15) is 0 Å². The minimum atomic E-state index is 0.154. The first kappa shape index (κ1) is 13.9. The number of unbranched alkanes of at least 4 members (excludes halogenated alkanes) is 1. The molecule has 0 saturated carbocycles. The minimum Gasteiger partial charge on any atom is -0.396 e. The highest BCUT2D eigenvalue weighted by atomic mass is 16.2. The highest BCUT2D eigenvalue weighted by molar-refractivity contribution is 4.93. The topological polar surface area (TPSA) is 61.5 Å². The summed E-state index contributed by atoms with van der Waals surface area (Å²) in [6, 6.07) is 0. The van der Waals surface area contributed by atoms with Crippen LogP contribution in [0.5, 0.6) is 0 Å². The second-order valence-electron chi connectivity index (χ2n) is 4.78. The van der Waals surface area contributed by atoms with Crippen LogP contribution in [0.2, 0.25) is 0 Å². The molecule has 1 heterocycles. The van der Waals surface area contributed by atoms with Gasteiger partial charge in [-0.25, -0.2) is 0 Å². The molecule has 1 fully saturated rings. The third-order valence-electron chi connectivity index (χ3n) is 3.74. The zero-order valence-corrected chi connectivity index (χ0v) is 10.5. The van der Waals surface area contributed by atoms with Crippen molar-refractivity contribution in [1.82, 2.24) is 10.2 Å². The Balaban J connectivity index is 2.28. The summed E-state index contributed by atoms with van der Waals surface area (Å²) in [6.45, 7) is 7.66. The number of likely N-dealkylation sites (tertiary alicyclic amines) is 1. The number of piperidine rings is 1. The largest absolute Gasteiger partial charge is 0.396 e. The van der Waals surface area contributed by atoms with Gasteiger partial charge in [-0.05, 0) is 51.9 Å². The zero-order valence-electron chi connectivity index (χ0n) is 10.5. The second kappa shape index (κ2) is 7.22. The fraction of sp³-hybridized carbons (Fsp3) is 1.00. The summed E-state index contributed by atoms with van der Waals surface area (Å²) < 4.78 is 0. The van der Waals surface area contributed by atoms with E-state index in [1.54, 1.807) is 0 Å². The number of rotatable bonds is 7. The van der Waals surface area contributed by atoms with Crippen LogP contribution in [0, 0.1) is 0 Å². The lowest BCUT2D eigenvalue weighted by Crippen LogP contribution is -2.57. The van der Waals surface area contributed by atoms with E-state index in [1.165, 1.54) is 0 Å². The van der Waals surface area contributed by atoms with Crippen LogP contribution in [0.15, 0.2) is 0 Å². The maximum atomic E-state index is 8.73. The van der Waals surface area contributed by atoms with Crippen molar-refractivity contribution in [3.63, 3.8) is 0 Å². The molecule has 0 atom stereocenters. The van der Waals surface area contributed by atoms with Crippen LogP contribution >= 0.6 is 0 Å². The third-order valence-corrected chi connectivity index (χ3v) is 3.74. The molecule has 4 heteroatoms. The van der Waals surface area contributed by atoms with Crippen LogP contribution in [0.3, 0.4) is 0 Å². The quantitative estimate of drug-likeness (QED) is 0.544. The smallest absolute Gasteiger partial charge is 0.0431 e. The lowest BCUT2D eigenvalue weighted by Gasteiger charge is -2.41. The van der Waals surface area contributed by atoms with E-state index in [4.69, 9.17) is 10.8 Å². The van der Waals surface area contributed by atoms with Crippen molar-refractivity contribution in [2.24, 2.45) is 5.73 Å². The van der Waals surface area contributed by atoms with Crippen molar-refractivity contribution in [2.75, 3.05) is 39.3 Å². The predicted molar refractivity (Wildman–Crippen MR) is 67.5 cm³/mol. The van der Waals surface area contributed by atoms with E-state index in [0.29, 0.717) is 6.61 Å². The highest BCUT2D eigenvalue weighted by Crippen LogP contribution is 2.21. The molecule has 16 heavy (non-hydrogen) atoms. The lowest BCUT2D eigenvalue weighted by atomic mass is 9.87. The minimum absolute atomic E-state index is 0.154. The summed E-state index contributed by atoms with van der Waals surface area (Å²) in [5.74, 6) is 0. The van der Waals surface area contributed by atoms with E-state index in [2.05, 4.69) is 17.1 Å². The molecule has 0 unspecified atom stereocenters. The van der Waals surface area contributed by atoms with Gasteiger partial charge in [0.25, 0.3) is 0 Å². The van der Waals surface area contributed by atoms with Gasteiger partial charge in [0.05, 0.1) is 0 Å². The van der Waals surface area contributed by atoms with Crippen molar-refractivity contribution >= 4 is 0 Å². The molecule has 0 bridgehead atoms. The number of aliphatic hydroxyl groups is 1. The molecule has 4 nitrogen and oxygen atoms in total. The Hall–Kier alpha value is -0.160. The van der Waals surface area contributed by atoms with Gasteiger partial charge in [-0.15, -0.1) is 0 Å². The molecule has 0 aliphatic carbocycles. The Morgan fingerprint density at radius 1 is 1.31 bits per heavy atom. The average molecular weight is 229 g/mol. The Bertz CT molecular complexity index is 179. The second-order valence-corrected chi connectivity index (χ2v) is 4.78. The van der Waals surface area contributed by atoms with Crippen LogP contribution in [0.4, 0.5) is 0 Å². The zero-order chi connectivity index (χ0) is 11.9. The molecular formula is C12H27N3O. The monoisotopic (exact) mass is 229 g/mol. The van der Waals surface area contributed by atoms with Crippen molar-refractivity contribution in [3.8, 4) is 0 Å². The predicted octanol–water partition coefficient (Wildman–Crippen LogP) is 0.162. The molecule has 1 aliphatic heterocycles. The van der Waals surface area contributed by atoms with E-state index < -0.39 is 0 Å². The maximum absolute atomic E-state index is 8.73. The van der Waals surface area contributed by atoms with Gasteiger partial charge in [0.1, 0.15) is 0 Å². The van der Waals surface area contributed by atoms with E-state index in [1.807, 2.05) is 0 Å². The first-order valence-electron chi connectivity index (χ1n) is 6.54. The molecule has 0 spiro atoms. The Morgan fingerprint density at radius 2 is 2.00 bits per heavy atom. The lowest BCUT2D eigenvalue weighted by molar-refractivity contribution is 0.143. The number of hydrogen-bond donors (Lipinski definition) is 3. The fourth-order valence-electron chi connectivity index (χ4n) is 2.34. The standard InChI is InChI=1S/C12H27N3O/c1-2-15-8-5-12(11-13,6-9-15)14-7-3-4-10-16/h14,16H,2-11,13H2,1H3. The van der Waals surface area contributed by atoms with Gasteiger partial charge in [0.2, 0.25) is 0 Å². The number of nitrogens with one attached hydrogen (secondary N) is 1. The summed E-state index contributed by atoms with van der Waals surface area (Å²) in [6.07, 6.45) is 4.22. The molecule has 1 saturated heterocycles. The summed E-state index contributed by atoms with van der Waals surface area (Å²) in [5.41, 5.74) is 6.06. The van der Waals surface area contributed by atoms with Crippen LogP contribution in [0.1, 0.15) is 32.6 Å². The van der Waals surface area contributed by atoms with E-state index in [0.717, 1.165) is 58.4 Å². The molecular weight excluding hydrogens is 202 g/mol. The highest BCUT2D eigenvalue weighted by Gasteiger charge is 2.31. The molecule has 0 aromatic rings. The molecule has 1 aliphatic rings. The van der Waals surface area contributed by atoms with E-state index >= 15 is 0 Å². The average Bonchev–Trinajstić information content (AvgIpc) is 2.35. The fourth-order valence-corrected chi connectivity index (χ4v) is 2.34. The molecule has 4 N–H and O–H groups in total. The van der Waals surface area contributed by atoms with Gasteiger partial charge in [-0.3, -0.25) is 0 Å². The van der Waals surface area contributed by atoms with Crippen LogP contribution in [-0.4, -0.2) is 54.9 Å². The van der Waals surface area contributed by atoms with E-state index in [-0.39, 0.29) is 5.54 Å². The SMILES string of the molecule is CCN1CCC(CN)(NCCCCO)CC1. The first-order valence-corrected chi connectivity index (χ1v) is 6.54. The normalized spacial score (nSPS) is 21.2. The molecule has 0 aromatic heterocycles. The summed E-state index contributed by atoms with van der Waals surface area (Å²) in [7, 11) is 0. The third kappa shape index (κ3) is 4.01. The van der Waals surface area contributed by atoms with Crippen LogP contribution in [0.25, 0.3) is 0 Å². The van der Waals surface area contributed by atoms with Crippen LogP contribution < -0.4 is 11.1 Å². The molecule has 0 aromatic carbocycles. The summed E-state index contributed by atoms with van der Waals surface area (Å²) in [5, 5.41) is 12.3. The van der Waals surface area contributed by atoms with Gasteiger partial charge in [0.15, 0.2) is 0 Å². The number of nitrogens with zero attached hydrogens (tertiary/aromatic N) is 1. The Morgan fingerprint density at radius 3 is 2.50 bits per heavy atom. The van der Waals surface area contributed by atoms with Gasteiger partial charge in [0, 0.05) is 18.7 Å². The summed E-state index contributed by atoms with van der Waals surface area (Å²) >= 11 is 0. The van der Waals surface area contributed by atoms with Crippen molar-refractivity contribution in [3.05, 3.63) is 0 Å². The first-order chi connectivity index (χ1) is 7.76. The molecule has 96 valence electrons. The van der Waals surface area contributed by atoms with Crippen LogP contribution in [-0.2, 0) is 0 Å². The van der Waals surface area contributed by atoms with Gasteiger partial charge in [-0.2, -0.15) is 0 Å². The number of hydrogen-bond acceptors (Lipinski definition) is 4. The van der Waals surface area contributed by atoms with Gasteiger partial charge >= 0.3 is 0 Å². The number of nitrogens with two attached hydrogens (primary N) is 1.